The van der Waals surface area contributed by atoms with Gasteiger partial charge in [0.1, 0.15) is 0 Å². The molecule has 0 radical (unpaired) electrons. The highest BCUT2D eigenvalue weighted by Gasteiger charge is 2.18. The van der Waals surface area contributed by atoms with Crippen molar-refractivity contribution in [1.82, 2.24) is 10.2 Å². The molecule has 20 heavy (non-hydrogen) atoms. The number of carbonyl (C=O) groups excluding carboxylic acids is 2. The van der Waals surface area contributed by atoms with E-state index in [4.69, 9.17) is 11.6 Å². The average Bonchev–Trinajstić information content (AvgIpc) is 2.37. The topological polar surface area (TPSA) is 49.4 Å². The Morgan fingerprint density at radius 3 is 2.60 bits per heavy atom. The number of carbonyl (C=O) groups is 2. The second kappa shape index (κ2) is 7.55. The van der Waals surface area contributed by atoms with Gasteiger partial charge < -0.3 is 10.2 Å². The Hall–Kier alpha value is -1.20. The number of halogens is 1. The first-order valence-corrected chi connectivity index (χ1v) is 7.83. The van der Waals surface area contributed by atoms with Crippen molar-refractivity contribution in [2.75, 3.05) is 19.8 Å². The van der Waals surface area contributed by atoms with E-state index >= 15 is 0 Å². The number of nitrogens with one attached hydrogen (secondary N) is 1. The monoisotopic (exact) mass is 314 g/mol. The van der Waals surface area contributed by atoms with Gasteiger partial charge in [0.15, 0.2) is 0 Å². The van der Waals surface area contributed by atoms with Crippen LogP contribution in [-0.2, 0) is 4.79 Å². The van der Waals surface area contributed by atoms with E-state index in [0.717, 1.165) is 4.90 Å². The minimum Gasteiger partial charge on any atom is -0.352 e. The van der Waals surface area contributed by atoms with Gasteiger partial charge in [0.25, 0.3) is 5.91 Å². The molecule has 110 valence electrons. The zero-order valence-corrected chi connectivity index (χ0v) is 13.6. The Morgan fingerprint density at radius 2 is 2.05 bits per heavy atom. The smallest absolute Gasteiger partial charge is 0.255 e. The largest absolute Gasteiger partial charge is 0.352 e. The summed E-state index contributed by atoms with van der Waals surface area (Å²) in [5.74, 6) is -0.446. The van der Waals surface area contributed by atoms with Crippen LogP contribution in [0.25, 0.3) is 0 Å². The molecule has 0 atom stereocenters. The molecule has 4 nitrogen and oxygen atoms in total. The SMILES string of the molecule is CSc1ccc(Cl)c(C(=O)N(C)CC(=O)NC(C)C)c1. The van der Waals surface area contributed by atoms with Gasteiger partial charge in [0.05, 0.1) is 17.1 Å². The number of rotatable bonds is 5. The Kier molecular flexibility index (Phi) is 6.36. The van der Waals surface area contributed by atoms with E-state index in [1.807, 2.05) is 26.2 Å². The molecule has 0 unspecified atom stereocenters. The number of hydrogen-bond donors (Lipinski definition) is 1. The van der Waals surface area contributed by atoms with Crippen LogP contribution in [0.5, 0.6) is 0 Å². The third kappa shape index (κ3) is 4.72. The fourth-order valence-electron chi connectivity index (χ4n) is 1.66. The molecule has 6 heteroatoms. The van der Waals surface area contributed by atoms with Crippen molar-refractivity contribution >= 4 is 35.2 Å². The van der Waals surface area contributed by atoms with E-state index in [-0.39, 0.29) is 24.4 Å². The fraction of sp³-hybridized carbons (Fsp3) is 0.429. The van der Waals surface area contributed by atoms with Gasteiger partial charge in [-0.1, -0.05) is 11.6 Å². The van der Waals surface area contributed by atoms with E-state index in [2.05, 4.69) is 5.32 Å². The van der Waals surface area contributed by atoms with E-state index in [1.165, 1.54) is 16.7 Å². The number of amides is 2. The molecule has 0 aromatic heterocycles. The van der Waals surface area contributed by atoms with Crippen molar-refractivity contribution in [2.24, 2.45) is 0 Å². The summed E-state index contributed by atoms with van der Waals surface area (Å²) >= 11 is 7.59. The second-order valence-electron chi connectivity index (χ2n) is 4.73. The van der Waals surface area contributed by atoms with Crippen LogP contribution >= 0.6 is 23.4 Å². The number of nitrogens with zero attached hydrogens (tertiary/aromatic N) is 1. The fourth-order valence-corrected chi connectivity index (χ4v) is 2.29. The van der Waals surface area contributed by atoms with Gasteiger partial charge in [-0.25, -0.2) is 0 Å². The summed E-state index contributed by atoms with van der Waals surface area (Å²) in [6, 6.07) is 5.35. The Labute approximate surface area is 128 Å². The van der Waals surface area contributed by atoms with Crippen molar-refractivity contribution in [3.63, 3.8) is 0 Å². The predicted octanol–water partition coefficient (Wildman–Crippen LogP) is 2.66. The highest BCUT2D eigenvalue weighted by atomic mass is 35.5. The lowest BCUT2D eigenvalue weighted by atomic mass is 10.2. The van der Waals surface area contributed by atoms with Gasteiger partial charge in [0.2, 0.25) is 5.91 Å². The van der Waals surface area contributed by atoms with Crippen LogP contribution in [-0.4, -0.2) is 42.6 Å². The Balaban J connectivity index is 2.81. The molecule has 0 fully saturated rings. The van der Waals surface area contributed by atoms with Crippen molar-refractivity contribution in [3.05, 3.63) is 28.8 Å². The maximum atomic E-state index is 12.3. The first-order valence-electron chi connectivity index (χ1n) is 6.23. The molecule has 1 rings (SSSR count). The van der Waals surface area contributed by atoms with Crippen LogP contribution in [0.3, 0.4) is 0 Å². The average molecular weight is 315 g/mol. The van der Waals surface area contributed by atoms with Gasteiger partial charge in [-0.15, -0.1) is 11.8 Å². The maximum absolute atomic E-state index is 12.3. The van der Waals surface area contributed by atoms with Gasteiger partial charge in [0, 0.05) is 18.0 Å². The maximum Gasteiger partial charge on any atom is 0.255 e. The molecular weight excluding hydrogens is 296 g/mol. The molecule has 1 aromatic rings. The molecule has 0 aliphatic carbocycles. The lowest BCUT2D eigenvalue weighted by Gasteiger charge is -2.18. The minimum absolute atomic E-state index is 0.0108. The zero-order chi connectivity index (χ0) is 15.3. The van der Waals surface area contributed by atoms with Gasteiger partial charge >= 0.3 is 0 Å². The molecule has 0 saturated carbocycles. The molecule has 0 aliphatic rings. The lowest BCUT2D eigenvalue weighted by Crippen LogP contribution is -2.40. The molecular formula is C14H19ClN2O2S. The van der Waals surface area contributed by atoms with Crippen LogP contribution in [0.15, 0.2) is 23.1 Å². The Morgan fingerprint density at radius 1 is 1.40 bits per heavy atom. The van der Waals surface area contributed by atoms with Crippen molar-refractivity contribution in [1.29, 1.82) is 0 Å². The Bertz CT molecular complexity index is 506. The number of thioether (sulfide) groups is 1. The van der Waals surface area contributed by atoms with Gasteiger partial charge in [-0.2, -0.15) is 0 Å². The van der Waals surface area contributed by atoms with Gasteiger partial charge in [-0.05, 0) is 38.3 Å². The van der Waals surface area contributed by atoms with E-state index in [0.29, 0.717) is 10.6 Å². The standard InChI is InChI=1S/C14H19ClN2O2S/c1-9(2)16-13(18)8-17(3)14(19)11-7-10(20-4)5-6-12(11)15/h5-7,9H,8H2,1-4H3,(H,16,18). The van der Waals surface area contributed by atoms with E-state index < -0.39 is 0 Å². The molecule has 0 heterocycles. The van der Waals surface area contributed by atoms with Crippen molar-refractivity contribution < 1.29 is 9.59 Å². The summed E-state index contributed by atoms with van der Waals surface area (Å²) in [6.07, 6.45) is 1.93. The second-order valence-corrected chi connectivity index (χ2v) is 6.02. The quantitative estimate of drug-likeness (QED) is 0.850. The van der Waals surface area contributed by atoms with Crippen molar-refractivity contribution in [3.8, 4) is 0 Å². The molecule has 1 N–H and O–H groups in total. The summed E-state index contributed by atoms with van der Waals surface area (Å²) < 4.78 is 0. The van der Waals surface area contributed by atoms with Crippen LogP contribution < -0.4 is 5.32 Å². The van der Waals surface area contributed by atoms with E-state index in [9.17, 15) is 9.59 Å². The number of benzene rings is 1. The molecule has 0 bridgehead atoms. The normalized spacial score (nSPS) is 10.5. The minimum atomic E-state index is -0.259. The van der Waals surface area contributed by atoms with Crippen LogP contribution in [0.1, 0.15) is 24.2 Å². The summed E-state index contributed by atoms with van der Waals surface area (Å²) in [5.41, 5.74) is 0.415. The first-order chi connectivity index (χ1) is 9.35. The lowest BCUT2D eigenvalue weighted by molar-refractivity contribution is -0.122. The summed E-state index contributed by atoms with van der Waals surface area (Å²) in [5, 5.41) is 3.14. The first kappa shape index (κ1) is 16.9. The van der Waals surface area contributed by atoms with Crippen LogP contribution in [0.2, 0.25) is 5.02 Å². The molecule has 0 spiro atoms. The molecule has 0 saturated heterocycles. The summed E-state index contributed by atoms with van der Waals surface area (Å²) in [6.45, 7) is 3.76. The van der Waals surface area contributed by atoms with Crippen LogP contribution in [0, 0.1) is 0 Å². The van der Waals surface area contributed by atoms with E-state index in [1.54, 1.807) is 19.2 Å². The number of hydrogen-bond acceptors (Lipinski definition) is 3. The third-order valence-corrected chi connectivity index (χ3v) is 3.64. The third-order valence-electron chi connectivity index (χ3n) is 2.58. The predicted molar refractivity (Wildman–Crippen MR) is 83.5 cm³/mol. The van der Waals surface area contributed by atoms with Gasteiger partial charge in [-0.3, -0.25) is 9.59 Å². The van der Waals surface area contributed by atoms with Crippen molar-refractivity contribution in [2.45, 2.75) is 24.8 Å². The highest BCUT2D eigenvalue weighted by Crippen LogP contribution is 2.23. The summed E-state index contributed by atoms with van der Waals surface area (Å²) in [4.78, 5) is 26.3. The highest BCUT2D eigenvalue weighted by molar-refractivity contribution is 7.98. The number of likely N-dealkylation sites (N-methyl/N-ethyl adjacent to an activating group) is 1. The van der Waals surface area contributed by atoms with Crippen LogP contribution in [0.4, 0.5) is 0 Å². The molecule has 0 aliphatic heterocycles. The summed E-state index contributed by atoms with van der Waals surface area (Å²) in [7, 11) is 1.59. The molecule has 1 aromatic carbocycles. The molecule has 2 amide bonds. The zero-order valence-electron chi connectivity index (χ0n) is 12.1.